The van der Waals surface area contributed by atoms with Crippen molar-refractivity contribution < 1.29 is 0 Å². The SMILES string of the molecule is CCC(CC)C(CN=C(N)N1CCC(C)CC1)N(C)C.I. The maximum Gasteiger partial charge on any atom is 0.191 e. The third kappa shape index (κ3) is 6.72. The van der Waals surface area contributed by atoms with Gasteiger partial charge in [-0.1, -0.05) is 33.6 Å². The highest BCUT2D eigenvalue weighted by Crippen LogP contribution is 2.18. The van der Waals surface area contributed by atoms with Gasteiger partial charge in [-0.2, -0.15) is 0 Å². The second-order valence-electron chi connectivity index (χ2n) is 6.48. The monoisotopic (exact) mass is 410 g/mol. The number of aliphatic imine (C=N–C) groups is 1. The summed E-state index contributed by atoms with van der Waals surface area (Å²) in [4.78, 5) is 9.24. The second kappa shape index (κ2) is 10.6. The van der Waals surface area contributed by atoms with E-state index in [2.05, 4.69) is 49.7 Å². The van der Waals surface area contributed by atoms with Crippen molar-refractivity contribution in [3.63, 3.8) is 0 Å². The van der Waals surface area contributed by atoms with Gasteiger partial charge < -0.3 is 15.5 Å². The zero-order valence-electron chi connectivity index (χ0n) is 14.5. The van der Waals surface area contributed by atoms with Crippen LogP contribution in [0.3, 0.4) is 0 Å². The standard InChI is InChI=1S/C16H34N4.HI/c1-6-14(7-2)15(19(4)5)12-18-16(17)20-10-8-13(3)9-11-20;/h13-15H,6-12H2,1-5H3,(H2,17,18);1H. The Morgan fingerprint density at radius 1 is 1.24 bits per heavy atom. The van der Waals surface area contributed by atoms with Crippen molar-refractivity contribution in [1.29, 1.82) is 0 Å². The van der Waals surface area contributed by atoms with Crippen LogP contribution in [0.4, 0.5) is 0 Å². The van der Waals surface area contributed by atoms with Gasteiger partial charge in [-0.05, 0) is 38.8 Å². The molecule has 1 aliphatic heterocycles. The van der Waals surface area contributed by atoms with Crippen LogP contribution < -0.4 is 5.73 Å². The molecule has 0 aromatic rings. The van der Waals surface area contributed by atoms with Gasteiger partial charge in [0.2, 0.25) is 0 Å². The normalized spacial score (nSPS) is 19.0. The van der Waals surface area contributed by atoms with E-state index in [0.29, 0.717) is 12.0 Å². The lowest BCUT2D eigenvalue weighted by molar-refractivity contribution is 0.205. The van der Waals surface area contributed by atoms with Crippen LogP contribution in [-0.4, -0.2) is 55.5 Å². The number of guanidine groups is 1. The van der Waals surface area contributed by atoms with Crippen LogP contribution >= 0.6 is 24.0 Å². The van der Waals surface area contributed by atoms with E-state index in [1.54, 1.807) is 0 Å². The van der Waals surface area contributed by atoms with Crippen LogP contribution in [0.5, 0.6) is 0 Å². The lowest BCUT2D eigenvalue weighted by Gasteiger charge is -2.33. The maximum atomic E-state index is 6.18. The molecule has 0 spiro atoms. The molecule has 1 rings (SSSR count). The van der Waals surface area contributed by atoms with E-state index < -0.39 is 0 Å². The number of rotatable bonds is 6. The molecule has 0 amide bonds. The fourth-order valence-corrected chi connectivity index (χ4v) is 3.09. The van der Waals surface area contributed by atoms with E-state index in [1.165, 1.54) is 25.7 Å². The first-order chi connectivity index (χ1) is 9.49. The zero-order valence-corrected chi connectivity index (χ0v) is 16.8. The molecule has 0 saturated carbocycles. The molecule has 126 valence electrons. The highest BCUT2D eigenvalue weighted by atomic mass is 127. The highest BCUT2D eigenvalue weighted by molar-refractivity contribution is 14.0. The summed E-state index contributed by atoms with van der Waals surface area (Å²) < 4.78 is 0. The lowest BCUT2D eigenvalue weighted by Crippen LogP contribution is -2.44. The number of hydrogen-bond acceptors (Lipinski definition) is 2. The molecule has 0 aromatic heterocycles. The van der Waals surface area contributed by atoms with Crippen LogP contribution in [0.15, 0.2) is 4.99 Å². The van der Waals surface area contributed by atoms with E-state index >= 15 is 0 Å². The number of piperidine rings is 1. The third-order valence-corrected chi connectivity index (χ3v) is 4.80. The fourth-order valence-electron chi connectivity index (χ4n) is 3.09. The van der Waals surface area contributed by atoms with Gasteiger partial charge in [-0.15, -0.1) is 24.0 Å². The van der Waals surface area contributed by atoms with Gasteiger partial charge in [0, 0.05) is 19.1 Å². The summed E-state index contributed by atoms with van der Waals surface area (Å²) >= 11 is 0. The topological polar surface area (TPSA) is 44.9 Å². The molecule has 0 aromatic carbocycles. The summed E-state index contributed by atoms with van der Waals surface area (Å²) in [6.07, 6.45) is 4.88. The third-order valence-electron chi connectivity index (χ3n) is 4.80. The van der Waals surface area contributed by atoms with Gasteiger partial charge in [0.05, 0.1) is 6.54 Å². The molecule has 4 nitrogen and oxygen atoms in total. The van der Waals surface area contributed by atoms with Gasteiger partial charge in [-0.3, -0.25) is 4.99 Å². The first kappa shape index (κ1) is 21.0. The van der Waals surface area contributed by atoms with Crippen molar-refractivity contribution in [2.24, 2.45) is 22.6 Å². The quantitative estimate of drug-likeness (QED) is 0.416. The van der Waals surface area contributed by atoms with Crippen molar-refractivity contribution >= 4 is 29.9 Å². The summed E-state index contributed by atoms with van der Waals surface area (Å²) in [7, 11) is 4.30. The van der Waals surface area contributed by atoms with Crippen molar-refractivity contribution in [3.8, 4) is 0 Å². The van der Waals surface area contributed by atoms with E-state index in [9.17, 15) is 0 Å². The highest BCUT2D eigenvalue weighted by Gasteiger charge is 2.21. The number of hydrogen-bond donors (Lipinski definition) is 1. The summed E-state index contributed by atoms with van der Waals surface area (Å²) in [5.41, 5.74) is 6.18. The van der Waals surface area contributed by atoms with Crippen LogP contribution in [0, 0.1) is 11.8 Å². The largest absolute Gasteiger partial charge is 0.370 e. The predicted molar refractivity (Wildman–Crippen MR) is 103 cm³/mol. The fraction of sp³-hybridized carbons (Fsp3) is 0.938. The Labute approximate surface area is 148 Å². The first-order valence-corrected chi connectivity index (χ1v) is 8.20. The molecular formula is C16H35IN4. The average molecular weight is 410 g/mol. The molecule has 1 saturated heterocycles. The zero-order chi connectivity index (χ0) is 15.1. The Morgan fingerprint density at radius 3 is 2.19 bits per heavy atom. The minimum absolute atomic E-state index is 0. The van der Waals surface area contributed by atoms with Crippen LogP contribution in [0.1, 0.15) is 46.5 Å². The molecule has 0 bridgehead atoms. The summed E-state index contributed by atoms with van der Waals surface area (Å²) in [5, 5.41) is 0. The van der Waals surface area contributed by atoms with Gasteiger partial charge in [0.1, 0.15) is 0 Å². The molecule has 21 heavy (non-hydrogen) atoms. The van der Waals surface area contributed by atoms with Crippen molar-refractivity contribution in [2.75, 3.05) is 33.7 Å². The molecule has 1 fully saturated rings. The first-order valence-electron chi connectivity index (χ1n) is 8.20. The Morgan fingerprint density at radius 2 is 1.76 bits per heavy atom. The number of likely N-dealkylation sites (N-methyl/N-ethyl adjacent to an activating group) is 1. The minimum Gasteiger partial charge on any atom is -0.370 e. The molecule has 0 radical (unpaired) electrons. The molecule has 1 aliphatic rings. The van der Waals surface area contributed by atoms with Crippen LogP contribution in [0.25, 0.3) is 0 Å². The smallest absolute Gasteiger partial charge is 0.191 e. The molecule has 1 unspecified atom stereocenters. The Hall–Kier alpha value is -0.0400. The van der Waals surface area contributed by atoms with Crippen LogP contribution in [0.2, 0.25) is 0 Å². The number of nitrogens with zero attached hydrogens (tertiary/aromatic N) is 3. The van der Waals surface area contributed by atoms with E-state index in [0.717, 1.165) is 31.5 Å². The Bertz CT molecular complexity index is 295. The van der Waals surface area contributed by atoms with Crippen molar-refractivity contribution in [3.05, 3.63) is 0 Å². The average Bonchev–Trinajstić information content (AvgIpc) is 2.43. The predicted octanol–water partition coefficient (Wildman–Crippen LogP) is 3.02. The lowest BCUT2D eigenvalue weighted by atomic mass is 9.93. The molecule has 2 N–H and O–H groups in total. The van der Waals surface area contributed by atoms with Gasteiger partial charge in [0.15, 0.2) is 5.96 Å². The number of halogens is 1. The Kier molecular flexibility index (Phi) is 10.6. The summed E-state index contributed by atoms with van der Waals surface area (Å²) in [6, 6.07) is 0.493. The molecule has 0 aliphatic carbocycles. The van der Waals surface area contributed by atoms with E-state index in [4.69, 9.17) is 5.73 Å². The maximum absolute atomic E-state index is 6.18. The van der Waals surface area contributed by atoms with E-state index in [-0.39, 0.29) is 24.0 Å². The Balaban J connectivity index is 0.00000400. The van der Waals surface area contributed by atoms with Gasteiger partial charge in [-0.25, -0.2) is 0 Å². The molecule has 5 heteroatoms. The number of likely N-dealkylation sites (tertiary alicyclic amines) is 1. The molecule has 1 atom stereocenters. The molecule has 1 heterocycles. The van der Waals surface area contributed by atoms with Crippen LogP contribution in [-0.2, 0) is 0 Å². The summed E-state index contributed by atoms with van der Waals surface area (Å²) in [5.74, 6) is 2.27. The van der Waals surface area contributed by atoms with E-state index in [1.807, 2.05) is 0 Å². The minimum atomic E-state index is 0. The van der Waals surface area contributed by atoms with Crippen molar-refractivity contribution in [2.45, 2.75) is 52.5 Å². The summed E-state index contributed by atoms with van der Waals surface area (Å²) in [6.45, 7) is 9.80. The second-order valence-corrected chi connectivity index (χ2v) is 6.48. The van der Waals surface area contributed by atoms with Gasteiger partial charge >= 0.3 is 0 Å². The molecular weight excluding hydrogens is 375 g/mol. The van der Waals surface area contributed by atoms with Crippen molar-refractivity contribution in [1.82, 2.24) is 9.80 Å². The number of nitrogens with two attached hydrogens (primary N) is 1. The van der Waals surface area contributed by atoms with Gasteiger partial charge in [0.25, 0.3) is 0 Å².